The molecule has 3 rings (SSSR count). The van der Waals surface area contributed by atoms with Crippen LogP contribution in [0.1, 0.15) is 19.5 Å². The van der Waals surface area contributed by atoms with Crippen LogP contribution in [0.4, 0.5) is 13.2 Å². The fourth-order valence-electron chi connectivity index (χ4n) is 2.10. The van der Waals surface area contributed by atoms with E-state index in [9.17, 15) is 13.2 Å². The highest BCUT2D eigenvalue weighted by Crippen LogP contribution is 2.35. The molecule has 0 spiro atoms. The largest absolute Gasteiger partial charge is 0.490 e. The van der Waals surface area contributed by atoms with Crippen molar-refractivity contribution in [1.29, 1.82) is 0 Å². The van der Waals surface area contributed by atoms with E-state index < -0.39 is 12.1 Å². The molecule has 0 saturated heterocycles. The van der Waals surface area contributed by atoms with Gasteiger partial charge in [0.25, 0.3) is 0 Å². The molecule has 0 bridgehead atoms. The van der Waals surface area contributed by atoms with Gasteiger partial charge in [0.2, 0.25) is 5.88 Å². The van der Waals surface area contributed by atoms with Gasteiger partial charge >= 0.3 is 18.2 Å². The first-order valence-corrected chi connectivity index (χ1v) is 8.64. The van der Waals surface area contributed by atoms with Crippen molar-refractivity contribution in [2.24, 2.45) is 0 Å². The molecule has 0 aliphatic carbocycles. The topological polar surface area (TPSA) is 110 Å². The number of aromatic nitrogens is 4. The van der Waals surface area contributed by atoms with Crippen molar-refractivity contribution in [3.05, 3.63) is 35.2 Å². The molecular weight excluding hydrogens is 417 g/mol. The number of halogens is 4. The maximum Gasteiger partial charge on any atom is 0.490 e. The van der Waals surface area contributed by atoms with Gasteiger partial charge < -0.3 is 19.6 Å². The number of aliphatic carboxylic acids is 1. The average molecular weight is 433 g/mol. The van der Waals surface area contributed by atoms with Crippen LogP contribution in [0.15, 0.2) is 24.5 Å². The van der Waals surface area contributed by atoms with Gasteiger partial charge in [-0.2, -0.15) is 23.1 Å². The minimum atomic E-state index is -5.08. The average Bonchev–Trinajstić information content (AvgIpc) is 2.98. The number of hydrogen-bond acceptors (Lipinski definition) is 6. The third-order valence-electron chi connectivity index (χ3n) is 3.33. The molecule has 3 heterocycles. The lowest BCUT2D eigenvalue weighted by Crippen LogP contribution is -2.21. The van der Waals surface area contributed by atoms with Gasteiger partial charge in [0.15, 0.2) is 0 Å². The Morgan fingerprint density at radius 3 is 2.52 bits per heavy atom. The number of rotatable bonds is 5. The van der Waals surface area contributed by atoms with Crippen LogP contribution in [0.5, 0.6) is 17.6 Å². The quantitative estimate of drug-likeness (QED) is 0.615. The van der Waals surface area contributed by atoms with Gasteiger partial charge in [0.05, 0.1) is 17.8 Å². The summed E-state index contributed by atoms with van der Waals surface area (Å²) in [4.78, 5) is 24.7. The molecule has 2 N–H and O–H groups in total. The summed E-state index contributed by atoms with van der Waals surface area (Å²) in [5.41, 5.74) is 1.49. The monoisotopic (exact) mass is 432 g/mol. The number of aromatic amines is 1. The molecule has 0 fully saturated rings. The van der Waals surface area contributed by atoms with Gasteiger partial charge in [-0.05, 0) is 25.5 Å². The van der Waals surface area contributed by atoms with E-state index in [-0.39, 0.29) is 6.01 Å². The summed E-state index contributed by atoms with van der Waals surface area (Å²) in [5, 5.41) is 8.40. The first kappa shape index (κ1) is 22.2. The Kier molecular flexibility index (Phi) is 7.21. The summed E-state index contributed by atoms with van der Waals surface area (Å²) in [6.07, 6.45) is -1.06. The van der Waals surface area contributed by atoms with Crippen molar-refractivity contribution in [2.45, 2.75) is 26.4 Å². The maximum absolute atomic E-state index is 10.6. The number of alkyl halides is 3. The number of carboxylic acid groups (broad SMARTS) is 1. The highest BCUT2D eigenvalue weighted by Gasteiger charge is 2.38. The predicted molar refractivity (Wildman–Crippen MR) is 97.4 cm³/mol. The first-order chi connectivity index (χ1) is 13.7. The summed E-state index contributed by atoms with van der Waals surface area (Å²) in [5.74, 6) is -1.79. The molecule has 0 aromatic carbocycles. The van der Waals surface area contributed by atoms with Crippen LogP contribution in [0, 0.1) is 0 Å². The van der Waals surface area contributed by atoms with Crippen LogP contribution >= 0.6 is 11.6 Å². The summed E-state index contributed by atoms with van der Waals surface area (Å²) in [7, 11) is 0. The summed E-state index contributed by atoms with van der Waals surface area (Å²) in [6.45, 7) is 4.37. The Morgan fingerprint density at radius 1 is 1.31 bits per heavy atom. The third kappa shape index (κ3) is 5.70. The van der Waals surface area contributed by atoms with Gasteiger partial charge in [0, 0.05) is 11.9 Å². The fraction of sp³-hybridized carbons (Fsp3) is 0.294. The number of fused-ring (bicyclic) bond motifs is 1. The van der Waals surface area contributed by atoms with E-state index in [1.165, 1.54) is 0 Å². The summed E-state index contributed by atoms with van der Waals surface area (Å²) < 4.78 is 42.9. The molecule has 8 nitrogen and oxygen atoms in total. The number of ether oxygens (including phenoxy) is 2. The Labute approximate surface area is 167 Å². The molecule has 0 radical (unpaired) electrons. The SMILES string of the molecule is CCOc1nc(Oc2cccnc2)nc2[nH]c(CC)c(Cl)c12.O=C(O)C(F)(F)F. The first-order valence-electron chi connectivity index (χ1n) is 8.26. The Hall–Kier alpha value is -3.08. The molecule has 12 heteroatoms. The zero-order valence-corrected chi connectivity index (χ0v) is 16.0. The van der Waals surface area contributed by atoms with Crippen molar-refractivity contribution in [3.63, 3.8) is 0 Å². The molecule has 0 saturated carbocycles. The number of carboxylic acids is 1. The van der Waals surface area contributed by atoms with E-state index in [0.717, 1.165) is 12.1 Å². The zero-order chi connectivity index (χ0) is 21.6. The van der Waals surface area contributed by atoms with E-state index in [1.54, 1.807) is 24.5 Å². The number of carbonyl (C=O) groups is 1. The van der Waals surface area contributed by atoms with Crippen LogP contribution in [0.3, 0.4) is 0 Å². The minimum Gasteiger partial charge on any atom is -0.477 e. The number of hydrogen-bond donors (Lipinski definition) is 2. The maximum atomic E-state index is 10.6. The standard InChI is InChI=1S/C15H15ClN4O2.C2HF3O2/c1-3-10-12(16)11-13(18-10)19-15(20-14(11)21-4-2)22-9-6-5-7-17-8-9;3-2(4,5)1(6)7/h5-8H,3-4H2,1-2H3,(H,18,19,20);(H,6,7). The van der Waals surface area contributed by atoms with E-state index in [0.29, 0.717) is 34.3 Å². The van der Waals surface area contributed by atoms with Crippen molar-refractivity contribution in [3.8, 4) is 17.6 Å². The lowest BCUT2D eigenvalue weighted by atomic mass is 10.3. The van der Waals surface area contributed by atoms with Gasteiger partial charge in [-0.3, -0.25) is 4.98 Å². The summed E-state index contributed by atoms with van der Waals surface area (Å²) in [6, 6.07) is 3.74. The molecule has 3 aromatic rings. The Balaban J connectivity index is 0.000000370. The number of nitrogens with zero attached hydrogens (tertiary/aromatic N) is 3. The van der Waals surface area contributed by atoms with Crippen molar-refractivity contribution >= 4 is 28.6 Å². The molecule has 0 aliphatic rings. The molecule has 156 valence electrons. The minimum absolute atomic E-state index is 0.185. The number of pyridine rings is 1. The van der Waals surface area contributed by atoms with Crippen LogP contribution in [0.25, 0.3) is 11.0 Å². The molecule has 29 heavy (non-hydrogen) atoms. The van der Waals surface area contributed by atoms with Crippen molar-refractivity contribution < 1.29 is 32.5 Å². The smallest absolute Gasteiger partial charge is 0.477 e. The van der Waals surface area contributed by atoms with E-state index in [2.05, 4.69) is 19.9 Å². The molecule has 0 atom stereocenters. The fourth-order valence-corrected chi connectivity index (χ4v) is 2.45. The van der Waals surface area contributed by atoms with Crippen molar-refractivity contribution in [2.75, 3.05) is 6.61 Å². The number of nitrogens with one attached hydrogen (secondary N) is 1. The predicted octanol–water partition coefficient (Wildman–Crippen LogP) is 4.39. The van der Waals surface area contributed by atoms with E-state index >= 15 is 0 Å². The van der Waals surface area contributed by atoms with Gasteiger partial charge in [-0.15, -0.1) is 0 Å². The van der Waals surface area contributed by atoms with Gasteiger partial charge in [0.1, 0.15) is 16.8 Å². The number of H-pyrrole nitrogens is 1. The Morgan fingerprint density at radius 2 is 2.00 bits per heavy atom. The second-order valence-corrected chi connectivity index (χ2v) is 5.71. The van der Waals surface area contributed by atoms with Crippen LogP contribution < -0.4 is 9.47 Å². The molecule has 0 aliphatic heterocycles. The van der Waals surface area contributed by atoms with Crippen molar-refractivity contribution in [1.82, 2.24) is 19.9 Å². The number of aryl methyl sites for hydroxylation is 1. The van der Waals surface area contributed by atoms with Crippen LogP contribution in [-0.4, -0.2) is 43.8 Å². The highest BCUT2D eigenvalue weighted by molar-refractivity contribution is 6.36. The lowest BCUT2D eigenvalue weighted by Gasteiger charge is -2.07. The second kappa shape index (κ2) is 9.41. The normalized spacial score (nSPS) is 11.0. The zero-order valence-electron chi connectivity index (χ0n) is 15.2. The van der Waals surface area contributed by atoms with E-state index in [4.69, 9.17) is 31.0 Å². The molecular formula is C17H16ClF3N4O4. The van der Waals surface area contributed by atoms with E-state index in [1.807, 2.05) is 13.8 Å². The Bertz CT molecular complexity index is 980. The molecule has 0 amide bonds. The lowest BCUT2D eigenvalue weighted by molar-refractivity contribution is -0.192. The van der Waals surface area contributed by atoms with Crippen LogP contribution in [0.2, 0.25) is 5.02 Å². The third-order valence-corrected chi connectivity index (χ3v) is 3.75. The summed E-state index contributed by atoms with van der Waals surface area (Å²) >= 11 is 6.37. The second-order valence-electron chi connectivity index (χ2n) is 5.33. The molecule has 0 unspecified atom stereocenters. The molecule has 3 aromatic heterocycles. The van der Waals surface area contributed by atoms with Gasteiger partial charge in [-0.1, -0.05) is 18.5 Å². The van der Waals surface area contributed by atoms with Crippen LogP contribution in [-0.2, 0) is 11.2 Å². The highest BCUT2D eigenvalue weighted by atomic mass is 35.5. The van der Waals surface area contributed by atoms with Gasteiger partial charge in [-0.25, -0.2) is 4.79 Å².